The molecule has 0 aromatic carbocycles. The van der Waals surface area contributed by atoms with Crippen LogP contribution in [0.25, 0.3) is 0 Å². The van der Waals surface area contributed by atoms with Crippen molar-refractivity contribution >= 4 is 23.2 Å². The van der Waals surface area contributed by atoms with Crippen molar-refractivity contribution in [2.75, 3.05) is 46.9 Å². The molecule has 86 valence electrons. The minimum absolute atomic E-state index is 0.108. The van der Waals surface area contributed by atoms with Gasteiger partial charge in [-0.1, -0.05) is 0 Å². The second-order valence-corrected chi connectivity index (χ2v) is 3.85. The summed E-state index contributed by atoms with van der Waals surface area (Å²) in [4.78, 5) is 15.0. The Labute approximate surface area is 95.4 Å². The first-order valence-electron chi connectivity index (χ1n) is 4.91. The minimum atomic E-state index is 0.108. The molecule has 15 heavy (non-hydrogen) atoms. The predicted molar refractivity (Wildman–Crippen MR) is 61.7 cm³/mol. The number of hydrogen-bond donors (Lipinski definition) is 1. The maximum atomic E-state index is 11.4. The first-order valence-corrected chi connectivity index (χ1v) is 5.31. The van der Waals surface area contributed by atoms with Gasteiger partial charge in [-0.15, -0.1) is 0 Å². The number of amides is 1. The van der Waals surface area contributed by atoms with E-state index < -0.39 is 0 Å². The van der Waals surface area contributed by atoms with Gasteiger partial charge < -0.3 is 19.9 Å². The van der Waals surface area contributed by atoms with Gasteiger partial charge in [0.05, 0.1) is 13.2 Å². The number of likely N-dealkylation sites (N-methyl/N-ethyl adjacent to an activating group) is 1. The average molecular weight is 231 g/mol. The van der Waals surface area contributed by atoms with Crippen LogP contribution in [0.2, 0.25) is 0 Å². The minimum Gasteiger partial charge on any atom is -0.383 e. The third-order valence-electron chi connectivity index (χ3n) is 2.33. The van der Waals surface area contributed by atoms with Crippen molar-refractivity contribution in [3.63, 3.8) is 0 Å². The standard InChI is InChI=1S/C9H17N3O2S/c1-11-4-5-12(7-8(11)13)9(15)10-3-6-14-2/h3-7H2,1-2H3,(H,10,15). The van der Waals surface area contributed by atoms with Gasteiger partial charge in [-0.05, 0) is 12.2 Å². The van der Waals surface area contributed by atoms with E-state index in [1.54, 1.807) is 19.1 Å². The summed E-state index contributed by atoms with van der Waals surface area (Å²) in [7, 11) is 3.45. The molecule has 1 fully saturated rings. The topological polar surface area (TPSA) is 44.8 Å². The van der Waals surface area contributed by atoms with Crippen LogP contribution in [-0.4, -0.2) is 67.8 Å². The van der Waals surface area contributed by atoms with Gasteiger partial charge in [0, 0.05) is 33.8 Å². The Bertz CT molecular complexity index is 248. The van der Waals surface area contributed by atoms with Crippen LogP contribution in [-0.2, 0) is 9.53 Å². The zero-order chi connectivity index (χ0) is 11.3. The Balaban J connectivity index is 2.31. The van der Waals surface area contributed by atoms with Gasteiger partial charge in [-0.25, -0.2) is 0 Å². The van der Waals surface area contributed by atoms with Crippen LogP contribution in [0.3, 0.4) is 0 Å². The maximum Gasteiger partial charge on any atom is 0.241 e. The lowest BCUT2D eigenvalue weighted by atomic mass is 10.3. The molecule has 1 aliphatic heterocycles. The Morgan fingerprint density at radius 1 is 1.60 bits per heavy atom. The molecule has 1 rings (SSSR count). The molecular weight excluding hydrogens is 214 g/mol. The number of nitrogens with zero attached hydrogens (tertiary/aromatic N) is 2. The molecule has 0 bridgehead atoms. The van der Waals surface area contributed by atoms with Crippen LogP contribution < -0.4 is 5.32 Å². The SMILES string of the molecule is COCCNC(=S)N1CCN(C)C(=O)C1. The van der Waals surface area contributed by atoms with Gasteiger partial charge in [0.25, 0.3) is 0 Å². The molecule has 0 aromatic heterocycles. The van der Waals surface area contributed by atoms with Crippen molar-refractivity contribution in [2.24, 2.45) is 0 Å². The Morgan fingerprint density at radius 2 is 2.33 bits per heavy atom. The van der Waals surface area contributed by atoms with Crippen molar-refractivity contribution in [2.45, 2.75) is 0 Å². The fourth-order valence-electron chi connectivity index (χ4n) is 1.30. The summed E-state index contributed by atoms with van der Waals surface area (Å²) in [5, 5.41) is 3.68. The molecule has 0 aromatic rings. The van der Waals surface area contributed by atoms with Gasteiger partial charge in [-0.3, -0.25) is 4.79 Å². The van der Waals surface area contributed by atoms with Gasteiger partial charge >= 0.3 is 0 Å². The molecule has 1 saturated heterocycles. The molecule has 0 radical (unpaired) electrons. The molecule has 0 spiro atoms. The smallest absolute Gasteiger partial charge is 0.241 e. The number of methoxy groups -OCH3 is 1. The summed E-state index contributed by atoms with van der Waals surface area (Å²) in [6.45, 7) is 3.18. The van der Waals surface area contributed by atoms with Crippen molar-refractivity contribution in [1.82, 2.24) is 15.1 Å². The van der Waals surface area contributed by atoms with Crippen LogP contribution in [0.4, 0.5) is 0 Å². The second kappa shape index (κ2) is 5.87. The highest BCUT2D eigenvalue weighted by atomic mass is 32.1. The Kier molecular flexibility index (Phi) is 4.77. The number of ether oxygens (including phenoxy) is 1. The normalized spacial score (nSPS) is 16.8. The van der Waals surface area contributed by atoms with Crippen molar-refractivity contribution in [1.29, 1.82) is 0 Å². The van der Waals surface area contributed by atoms with E-state index in [1.165, 1.54) is 0 Å². The van der Waals surface area contributed by atoms with Crippen molar-refractivity contribution in [3.8, 4) is 0 Å². The first kappa shape index (κ1) is 12.2. The Hall–Kier alpha value is -0.880. The molecule has 0 aliphatic carbocycles. The summed E-state index contributed by atoms with van der Waals surface area (Å²) in [5.41, 5.74) is 0. The average Bonchev–Trinajstić information content (AvgIpc) is 2.22. The molecule has 0 saturated carbocycles. The van der Waals surface area contributed by atoms with E-state index in [1.807, 2.05) is 4.90 Å². The molecule has 1 amide bonds. The highest BCUT2D eigenvalue weighted by molar-refractivity contribution is 7.80. The number of carbonyl (C=O) groups excluding carboxylic acids is 1. The summed E-state index contributed by atoms with van der Waals surface area (Å²) in [6.07, 6.45) is 0. The van der Waals surface area contributed by atoms with E-state index in [0.29, 0.717) is 24.8 Å². The highest BCUT2D eigenvalue weighted by Gasteiger charge is 2.22. The number of hydrogen-bond acceptors (Lipinski definition) is 3. The summed E-state index contributed by atoms with van der Waals surface area (Å²) in [5.74, 6) is 0.108. The summed E-state index contributed by atoms with van der Waals surface area (Å²) < 4.78 is 4.90. The quantitative estimate of drug-likeness (QED) is 0.513. The first-order chi connectivity index (χ1) is 7.15. The molecule has 1 aliphatic rings. The third kappa shape index (κ3) is 3.64. The van der Waals surface area contributed by atoms with Gasteiger partial charge in [-0.2, -0.15) is 0 Å². The monoisotopic (exact) mass is 231 g/mol. The molecule has 6 heteroatoms. The van der Waals surface area contributed by atoms with Crippen molar-refractivity contribution < 1.29 is 9.53 Å². The number of nitrogens with one attached hydrogen (secondary N) is 1. The van der Waals surface area contributed by atoms with E-state index in [9.17, 15) is 4.79 Å². The second-order valence-electron chi connectivity index (χ2n) is 3.46. The molecule has 0 unspecified atom stereocenters. The summed E-state index contributed by atoms with van der Waals surface area (Å²) >= 11 is 5.17. The summed E-state index contributed by atoms with van der Waals surface area (Å²) in [6, 6.07) is 0. The zero-order valence-electron chi connectivity index (χ0n) is 9.15. The zero-order valence-corrected chi connectivity index (χ0v) is 9.97. The number of rotatable bonds is 3. The van der Waals surface area contributed by atoms with Crippen LogP contribution >= 0.6 is 12.2 Å². The fourth-order valence-corrected chi connectivity index (χ4v) is 1.56. The lowest BCUT2D eigenvalue weighted by Crippen LogP contribution is -2.53. The molecular formula is C9H17N3O2S. The van der Waals surface area contributed by atoms with E-state index >= 15 is 0 Å². The maximum absolute atomic E-state index is 11.4. The lowest BCUT2D eigenvalue weighted by Gasteiger charge is -2.33. The van der Waals surface area contributed by atoms with Gasteiger partial charge in [0.1, 0.15) is 0 Å². The Morgan fingerprint density at radius 3 is 2.93 bits per heavy atom. The largest absolute Gasteiger partial charge is 0.383 e. The third-order valence-corrected chi connectivity index (χ3v) is 2.73. The van der Waals surface area contributed by atoms with E-state index in [-0.39, 0.29) is 5.91 Å². The number of piperazine rings is 1. The molecule has 0 atom stereocenters. The van der Waals surface area contributed by atoms with Crippen molar-refractivity contribution in [3.05, 3.63) is 0 Å². The predicted octanol–water partition coefficient (Wildman–Crippen LogP) is -0.719. The van der Waals surface area contributed by atoms with Crippen LogP contribution in [0, 0.1) is 0 Å². The molecule has 5 nitrogen and oxygen atoms in total. The van der Waals surface area contributed by atoms with E-state index in [2.05, 4.69) is 5.32 Å². The fraction of sp³-hybridized carbons (Fsp3) is 0.778. The van der Waals surface area contributed by atoms with E-state index in [0.717, 1.165) is 13.1 Å². The molecule has 1 N–H and O–H groups in total. The molecule has 1 heterocycles. The number of carbonyl (C=O) groups is 1. The van der Waals surface area contributed by atoms with Gasteiger partial charge in [0.15, 0.2) is 5.11 Å². The van der Waals surface area contributed by atoms with Crippen LogP contribution in [0.5, 0.6) is 0 Å². The van der Waals surface area contributed by atoms with Gasteiger partial charge in [0.2, 0.25) is 5.91 Å². The number of thiocarbonyl (C=S) groups is 1. The van der Waals surface area contributed by atoms with Crippen LogP contribution in [0.15, 0.2) is 0 Å². The van der Waals surface area contributed by atoms with E-state index in [4.69, 9.17) is 17.0 Å². The van der Waals surface area contributed by atoms with Crippen LogP contribution in [0.1, 0.15) is 0 Å². The lowest BCUT2D eigenvalue weighted by molar-refractivity contribution is -0.132. The highest BCUT2D eigenvalue weighted by Crippen LogP contribution is 2.00.